The predicted octanol–water partition coefficient (Wildman–Crippen LogP) is 5.25. The van der Waals surface area contributed by atoms with Crippen molar-refractivity contribution < 1.29 is 4.39 Å². The summed E-state index contributed by atoms with van der Waals surface area (Å²) in [6.45, 7) is 1.87. The first-order chi connectivity index (χ1) is 9.13. The summed E-state index contributed by atoms with van der Waals surface area (Å²) in [5.41, 5.74) is 2.26. The van der Waals surface area contributed by atoms with Crippen molar-refractivity contribution in [1.29, 1.82) is 0 Å². The van der Waals surface area contributed by atoms with E-state index in [-0.39, 0.29) is 5.82 Å². The lowest BCUT2D eigenvalue weighted by atomic mass is 10.2. The molecule has 19 heavy (non-hydrogen) atoms. The molecule has 0 aliphatic rings. The van der Waals surface area contributed by atoms with Crippen molar-refractivity contribution in [2.75, 3.05) is 5.32 Å². The largest absolute Gasteiger partial charge is 0.329 e. The van der Waals surface area contributed by atoms with E-state index >= 15 is 0 Å². The molecule has 2 nitrogen and oxygen atoms in total. The number of para-hydroxylation sites is 1. The highest BCUT2D eigenvalue weighted by Crippen LogP contribution is 2.31. The molecular weight excluding hydrogens is 327 g/mol. The Morgan fingerprint density at radius 3 is 2.89 bits per heavy atom. The fourth-order valence-corrected chi connectivity index (χ4v) is 3.27. The lowest BCUT2D eigenvalue weighted by Crippen LogP contribution is -1.95. The molecule has 0 unspecified atom stereocenters. The molecule has 0 aliphatic carbocycles. The molecule has 3 rings (SSSR count). The topological polar surface area (TPSA) is 24.9 Å². The second-order valence-corrected chi connectivity index (χ2v) is 6.13. The highest BCUT2D eigenvalue weighted by molar-refractivity contribution is 9.10. The van der Waals surface area contributed by atoms with Gasteiger partial charge in [-0.2, -0.15) is 0 Å². The Morgan fingerprint density at radius 1 is 1.26 bits per heavy atom. The zero-order valence-electron chi connectivity index (χ0n) is 10.1. The van der Waals surface area contributed by atoms with Crippen LogP contribution < -0.4 is 5.32 Å². The van der Waals surface area contributed by atoms with Crippen LogP contribution in [0.4, 0.5) is 15.2 Å². The van der Waals surface area contributed by atoms with E-state index in [0.717, 1.165) is 20.3 Å². The van der Waals surface area contributed by atoms with Crippen LogP contribution in [0, 0.1) is 12.7 Å². The maximum atomic E-state index is 13.8. The number of aromatic nitrogens is 1. The number of anilines is 2. The lowest BCUT2D eigenvalue weighted by Gasteiger charge is -2.07. The Labute approximate surface area is 122 Å². The van der Waals surface area contributed by atoms with E-state index in [1.54, 1.807) is 6.07 Å². The maximum absolute atomic E-state index is 13.8. The summed E-state index contributed by atoms with van der Waals surface area (Å²) >= 11 is 4.94. The maximum Gasteiger partial charge on any atom is 0.188 e. The summed E-state index contributed by atoms with van der Waals surface area (Å²) in [6, 6.07) is 10.9. The SMILES string of the molecule is Cc1cccc(F)c1Nc1nc2ccc(Br)cc2s1. The first-order valence-corrected chi connectivity index (χ1v) is 7.32. The van der Waals surface area contributed by atoms with Gasteiger partial charge in [-0.25, -0.2) is 9.37 Å². The fraction of sp³-hybridized carbons (Fsp3) is 0.0714. The second kappa shape index (κ2) is 4.90. The number of hydrogen-bond acceptors (Lipinski definition) is 3. The number of fused-ring (bicyclic) bond motifs is 1. The van der Waals surface area contributed by atoms with Crippen molar-refractivity contribution in [3.8, 4) is 0 Å². The number of thiazole rings is 1. The molecule has 0 atom stereocenters. The monoisotopic (exact) mass is 336 g/mol. The van der Waals surface area contributed by atoms with E-state index < -0.39 is 0 Å². The molecule has 0 radical (unpaired) electrons. The molecule has 1 N–H and O–H groups in total. The van der Waals surface area contributed by atoms with Gasteiger partial charge in [-0.3, -0.25) is 0 Å². The van der Waals surface area contributed by atoms with Crippen LogP contribution in [0.1, 0.15) is 5.56 Å². The van der Waals surface area contributed by atoms with E-state index in [0.29, 0.717) is 10.8 Å². The van der Waals surface area contributed by atoms with Crippen molar-refractivity contribution in [1.82, 2.24) is 4.98 Å². The molecular formula is C14H10BrFN2S. The Bertz CT molecular complexity index is 734. The van der Waals surface area contributed by atoms with Gasteiger partial charge in [0.15, 0.2) is 5.13 Å². The Balaban J connectivity index is 2.01. The van der Waals surface area contributed by atoms with Crippen LogP contribution in [0.15, 0.2) is 40.9 Å². The number of aryl methyl sites for hydroxylation is 1. The minimum Gasteiger partial charge on any atom is -0.329 e. The molecule has 0 saturated heterocycles. The number of halogens is 2. The van der Waals surface area contributed by atoms with Gasteiger partial charge in [-0.15, -0.1) is 0 Å². The van der Waals surface area contributed by atoms with E-state index in [4.69, 9.17) is 0 Å². The van der Waals surface area contributed by atoms with Crippen molar-refractivity contribution >= 4 is 48.3 Å². The van der Waals surface area contributed by atoms with Crippen LogP contribution in [-0.2, 0) is 0 Å². The zero-order valence-corrected chi connectivity index (χ0v) is 12.5. The highest BCUT2D eigenvalue weighted by atomic mass is 79.9. The molecule has 0 spiro atoms. The standard InChI is InChI=1S/C14H10BrFN2S/c1-8-3-2-4-10(16)13(8)18-14-17-11-6-5-9(15)7-12(11)19-14/h2-7H,1H3,(H,17,18). The summed E-state index contributed by atoms with van der Waals surface area (Å²) < 4.78 is 15.8. The third-order valence-electron chi connectivity index (χ3n) is 2.80. The Morgan fingerprint density at radius 2 is 2.11 bits per heavy atom. The van der Waals surface area contributed by atoms with Gasteiger partial charge in [-0.05, 0) is 36.8 Å². The van der Waals surface area contributed by atoms with Gasteiger partial charge in [0.1, 0.15) is 5.82 Å². The van der Waals surface area contributed by atoms with Crippen LogP contribution in [0.5, 0.6) is 0 Å². The van der Waals surface area contributed by atoms with E-state index in [2.05, 4.69) is 26.2 Å². The van der Waals surface area contributed by atoms with Crippen molar-refractivity contribution in [2.45, 2.75) is 6.92 Å². The molecule has 3 aromatic rings. The summed E-state index contributed by atoms with van der Waals surface area (Å²) in [7, 11) is 0. The third-order valence-corrected chi connectivity index (χ3v) is 4.23. The normalized spacial score (nSPS) is 10.9. The third kappa shape index (κ3) is 2.48. The molecule has 0 aliphatic heterocycles. The molecule has 0 saturated carbocycles. The average molecular weight is 337 g/mol. The van der Waals surface area contributed by atoms with E-state index in [1.165, 1.54) is 17.4 Å². The van der Waals surface area contributed by atoms with Crippen LogP contribution in [-0.4, -0.2) is 4.98 Å². The van der Waals surface area contributed by atoms with E-state index in [9.17, 15) is 4.39 Å². The van der Waals surface area contributed by atoms with Crippen LogP contribution >= 0.6 is 27.3 Å². The second-order valence-electron chi connectivity index (χ2n) is 4.19. The number of rotatable bonds is 2. The van der Waals surface area contributed by atoms with Crippen LogP contribution in [0.25, 0.3) is 10.2 Å². The molecule has 1 aromatic heterocycles. The molecule has 2 aromatic carbocycles. The molecule has 0 fully saturated rings. The number of nitrogens with zero attached hydrogens (tertiary/aromatic N) is 1. The van der Waals surface area contributed by atoms with Crippen molar-refractivity contribution in [3.05, 3.63) is 52.3 Å². The van der Waals surface area contributed by atoms with Crippen molar-refractivity contribution in [2.24, 2.45) is 0 Å². The smallest absolute Gasteiger partial charge is 0.188 e. The lowest BCUT2D eigenvalue weighted by molar-refractivity contribution is 0.631. The zero-order chi connectivity index (χ0) is 13.4. The summed E-state index contributed by atoms with van der Waals surface area (Å²) in [4.78, 5) is 4.45. The molecule has 5 heteroatoms. The summed E-state index contributed by atoms with van der Waals surface area (Å²) in [5, 5.41) is 3.76. The number of nitrogens with one attached hydrogen (secondary N) is 1. The summed E-state index contributed by atoms with van der Waals surface area (Å²) in [5.74, 6) is -0.263. The number of hydrogen-bond donors (Lipinski definition) is 1. The minimum absolute atomic E-state index is 0.263. The highest BCUT2D eigenvalue weighted by Gasteiger charge is 2.09. The Kier molecular flexibility index (Phi) is 3.24. The fourth-order valence-electron chi connectivity index (χ4n) is 1.85. The van der Waals surface area contributed by atoms with Gasteiger partial charge < -0.3 is 5.32 Å². The first kappa shape index (κ1) is 12.6. The van der Waals surface area contributed by atoms with Gasteiger partial charge in [-0.1, -0.05) is 39.4 Å². The molecule has 0 bridgehead atoms. The van der Waals surface area contributed by atoms with Gasteiger partial charge >= 0.3 is 0 Å². The van der Waals surface area contributed by atoms with Gasteiger partial charge in [0.05, 0.1) is 15.9 Å². The average Bonchev–Trinajstić information content (AvgIpc) is 2.75. The quantitative estimate of drug-likeness (QED) is 0.691. The van der Waals surface area contributed by atoms with Gasteiger partial charge in [0.25, 0.3) is 0 Å². The van der Waals surface area contributed by atoms with Gasteiger partial charge in [0, 0.05) is 4.47 Å². The molecule has 1 heterocycles. The molecule has 0 amide bonds. The van der Waals surface area contributed by atoms with E-state index in [1.807, 2.05) is 31.2 Å². The first-order valence-electron chi connectivity index (χ1n) is 5.72. The predicted molar refractivity (Wildman–Crippen MR) is 81.7 cm³/mol. The van der Waals surface area contributed by atoms with Crippen LogP contribution in [0.2, 0.25) is 0 Å². The van der Waals surface area contributed by atoms with Crippen LogP contribution in [0.3, 0.4) is 0 Å². The summed E-state index contributed by atoms with van der Waals surface area (Å²) in [6.07, 6.45) is 0. The van der Waals surface area contributed by atoms with Crippen molar-refractivity contribution in [3.63, 3.8) is 0 Å². The molecule has 96 valence electrons. The number of benzene rings is 2. The van der Waals surface area contributed by atoms with Gasteiger partial charge in [0.2, 0.25) is 0 Å². The minimum atomic E-state index is -0.263. The Hall–Kier alpha value is -1.46.